The number of amides is 2. The van der Waals surface area contributed by atoms with Crippen LogP contribution < -0.4 is 10.6 Å². The average Bonchev–Trinajstić information content (AvgIpc) is 3.25. The van der Waals surface area contributed by atoms with E-state index in [0.29, 0.717) is 30.7 Å². The van der Waals surface area contributed by atoms with Gasteiger partial charge in [0, 0.05) is 36.1 Å². The molecule has 2 amide bonds. The summed E-state index contributed by atoms with van der Waals surface area (Å²) in [5.41, 5.74) is 0.525. The van der Waals surface area contributed by atoms with E-state index in [1.807, 2.05) is 13.8 Å². The Morgan fingerprint density at radius 3 is 2.24 bits per heavy atom. The molecule has 174 valence electrons. The Balaban J connectivity index is 1.59. The van der Waals surface area contributed by atoms with E-state index in [0.717, 1.165) is 15.4 Å². The van der Waals surface area contributed by atoms with Gasteiger partial charge in [0.05, 0.1) is 22.4 Å². The van der Waals surface area contributed by atoms with Crippen LogP contribution in [0.15, 0.2) is 42.6 Å². The van der Waals surface area contributed by atoms with Gasteiger partial charge in [-0.3, -0.25) is 4.79 Å². The smallest absolute Gasteiger partial charge is 0.323 e. The zero-order valence-corrected chi connectivity index (χ0v) is 19.0. The maximum Gasteiger partial charge on any atom is 0.323 e. The Morgan fingerprint density at radius 1 is 1.03 bits per heavy atom. The third kappa shape index (κ3) is 6.10. The van der Waals surface area contributed by atoms with E-state index >= 15 is 0 Å². The van der Waals surface area contributed by atoms with E-state index in [-0.39, 0.29) is 11.7 Å². The Bertz CT molecular complexity index is 1140. The summed E-state index contributed by atoms with van der Waals surface area (Å²) in [7, 11) is 1.37. The molecule has 0 spiro atoms. The van der Waals surface area contributed by atoms with E-state index in [2.05, 4.69) is 15.6 Å². The lowest BCUT2D eigenvalue weighted by Gasteiger charge is -2.20. The lowest BCUT2D eigenvalue weighted by Crippen LogP contribution is -2.26. The fraction of sp³-hybridized carbons (Fsp3) is 0.261. The van der Waals surface area contributed by atoms with Crippen LogP contribution in [0.2, 0.25) is 0 Å². The number of benzene rings is 2. The number of nitrogens with one attached hydrogen (secondary N) is 2. The van der Waals surface area contributed by atoms with Crippen molar-refractivity contribution in [2.75, 3.05) is 17.7 Å². The van der Waals surface area contributed by atoms with Crippen molar-refractivity contribution in [1.82, 2.24) is 4.98 Å². The molecule has 0 unspecified atom stereocenters. The molecule has 0 bridgehead atoms. The van der Waals surface area contributed by atoms with E-state index in [9.17, 15) is 22.8 Å². The van der Waals surface area contributed by atoms with Crippen molar-refractivity contribution in [3.63, 3.8) is 0 Å². The molecular formula is C23H22F3N3O3S. The molecule has 2 N–H and O–H groups in total. The van der Waals surface area contributed by atoms with E-state index < -0.39 is 28.9 Å². The van der Waals surface area contributed by atoms with Crippen molar-refractivity contribution in [3.8, 4) is 10.4 Å². The number of esters is 1. The Kier molecular flexibility index (Phi) is 7.37. The van der Waals surface area contributed by atoms with Gasteiger partial charge in [0.25, 0.3) is 0 Å². The van der Waals surface area contributed by atoms with Crippen LogP contribution in [0.25, 0.3) is 10.4 Å². The van der Waals surface area contributed by atoms with Gasteiger partial charge in [-0.2, -0.15) is 0 Å². The number of aryl methyl sites for hydroxylation is 1. The maximum absolute atomic E-state index is 13.3. The van der Waals surface area contributed by atoms with E-state index in [1.54, 1.807) is 30.5 Å². The first-order chi connectivity index (χ1) is 15.6. The predicted molar refractivity (Wildman–Crippen MR) is 121 cm³/mol. The van der Waals surface area contributed by atoms with Crippen molar-refractivity contribution in [2.45, 2.75) is 26.7 Å². The van der Waals surface area contributed by atoms with E-state index in [1.165, 1.54) is 18.4 Å². The molecule has 10 heteroatoms. The number of aromatic nitrogens is 1. The molecule has 0 aliphatic heterocycles. The normalized spacial score (nSPS) is 11.2. The highest BCUT2D eigenvalue weighted by Gasteiger charge is 2.28. The Morgan fingerprint density at radius 2 is 1.64 bits per heavy atom. The van der Waals surface area contributed by atoms with Crippen LogP contribution in [0.4, 0.5) is 29.3 Å². The second-order valence-electron chi connectivity index (χ2n) is 7.90. The first kappa shape index (κ1) is 24.2. The molecule has 0 atom stereocenters. The largest absolute Gasteiger partial charge is 0.469 e. The van der Waals surface area contributed by atoms with Gasteiger partial charge in [-0.05, 0) is 38.0 Å². The number of thiazole rings is 1. The number of nitrogens with zero attached hydrogens (tertiary/aromatic N) is 1. The van der Waals surface area contributed by atoms with Crippen LogP contribution in [0.1, 0.15) is 25.3 Å². The molecule has 0 aliphatic carbocycles. The molecule has 0 saturated heterocycles. The van der Waals surface area contributed by atoms with Crippen LogP contribution in [0.3, 0.4) is 0 Å². The van der Waals surface area contributed by atoms with Crippen molar-refractivity contribution >= 4 is 34.7 Å². The fourth-order valence-corrected chi connectivity index (χ4v) is 3.92. The van der Waals surface area contributed by atoms with Crippen molar-refractivity contribution in [1.29, 1.82) is 0 Å². The number of rotatable bonds is 7. The number of anilines is 2. The van der Waals surface area contributed by atoms with Crippen molar-refractivity contribution < 1.29 is 27.5 Å². The molecule has 33 heavy (non-hydrogen) atoms. The van der Waals surface area contributed by atoms with Gasteiger partial charge in [0.15, 0.2) is 17.5 Å². The second-order valence-corrected chi connectivity index (χ2v) is 9.02. The minimum Gasteiger partial charge on any atom is -0.469 e. The zero-order valence-electron chi connectivity index (χ0n) is 18.2. The third-order valence-electron chi connectivity index (χ3n) is 4.92. The van der Waals surface area contributed by atoms with Crippen LogP contribution in [-0.4, -0.2) is 24.1 Å². The topological polar surface area (TPSA) is 80.3 Å². The highest BCUT2D eigenvalue weighted by Crippen LogP contribution is 2.30. The minimum absolute atomic E-state index is 0.215. The van der Waals surface area contributed by atoms with Gasteiger partial charge in [0.1, 0.15) is 0 Å². The summed E-state index contributed by atoms with van der Waals surface area (Å²) in [6, 6.07) is 7.57. The number of urea groups is 1. The summed E-state index contributed by atoms with van der Waals surface area (Å²) in [6.07, 6.45) is 2.99. The summed E-state index contributed by atoms with van der Waals surface area (Å²) in [6.45, 7) is 3.66. The number of hydrogen-bond donors (Lipinski definition) is 2. The molecule has 1 aromatic heterocycles. The number of methoxy groups -OCH3 is 1. The quantitative estimate of drug-likeness (QED) is 0.323. The van der Waals surface area contributed by atoms with Gasteiger partial charge in [0.2, 0.25) is 0 Å². The minimum atomic E-state index is -1.60. The van der Waals surface area contributed by atoms with Gasteiger partial charge in [-0.1, -0.05) is 12.1 Å². The first-order valence-electron chi connectivity index (χ1n) is 9.95. The molecule has 2 aromatic carbocycles. The SMILES string of the molecule is COC(=O)C(C)(C)CCc1ncc(-c2ccc(NC(=O)Nc3cc(F)c(F)c(F)c3)cc2)s1. The lowest BCUT2D eigenvalue weighted by atomic mass is 9.88. The molecular weight excluding hydrogens is 455 g/mol. The van der Waals surface area contributed by atoms with E-state index in [4.69, 9.17) is 4.74 Å². The van der Waals surface area contributed by atoms with Crippen molar-refractivity contribution in [3.05, 3.63) is 65.1 Å². The predicted octanol–water partition coefficient (Wildman–Crippen LogP) is 6.00. The Hall–Kier alpha value is -3.40. The van der Waals surface area contributed by atoms with Crippen LogP contribution in [-0.2, 0) is 16.0 Å². The first-order valence-corrected chi connectivity index (χ1v) is 10.8. The Labute approximate surface area is 192 Å². The van der Waals surface area contributed by atoms with Crippen molar-refractivity contribution in [2.24, 2.45) is 5.41 Å². The highest BCUT2D eigenvalue weighted by molar-refractivity contribution is 7.15. The number of hydrogen-bond acceptors (Lipinski definition) is 5. The molecule has 0 radical (unpaired) electrons. The molecule has 3 rings (SSSR count). The second kappa shape index (κ2) is 10.0. The molecule has 3 aromatic rings. The molecule has 6 nitrogen and oxygen atoms in total. The summed E-state index contributed by atoms with van der Waals surface area (Å²) >= 11 is 1.51. The summed E-state index contributed by atoms with van der Waals surface area (Å²) < 4.78 is 44.4. The monoisotopic (exact) mass is 477 g/mol. The zero-order chi connectivity index (χ0) is 24.2. The standard InChI is InChI=1S/C23H22F3N3O3S/c1-23(2,21(30)32-3)9-8-19-27-12-18(33-19)13-4-6-14(7-5-13)28-22(31)29-15-10-16(24)20(26)17(25)11-15/h4-7,10-12H,8-9H2,1-3H3,(H2,28,29,31). The molecule has 0 aliphatic rings. The maximum atomic E-state index is 13.3. The summed E-state index contributed by atoms with van der Waals surface area (Å²) in [5.74, 6) is -4.66. The number of carbonyl (C=O) groups is 2. The number of carbonyl (C=O) groups excluding carboxylic acids is 2. The fourth-order valence-electron chi connectivity index (χ4n) is 3.00. The van der Waals surface area contributed by atoms with Gasteiger partial charge in [-0.15, -0.1) is 11.3 Å². The summed E-state index contributed by atoms with van der Waals surface area (Å²) in [4.78, 5) is 29.2. The van der Waals surface area contributed by atoms with Crippen LogP contribution >= 0.6 is 11.3 Å². The number of halogens is 3. The third-order valence-corrected chi connectivity index (χ3v) is 6.03. The van der Waals surface area contributed by atoms with Gasteiger partial charge in [-0.25, -0.2) is 22.9 Å². The van der Waals surface area contributed by atoms with Crippen LogP contribution in [0, 0.1) is 22.9 Å². The van der Waals surface area contributed by atoms with Gasteiger partial charge < -0.3 is 15.4 Å². The highest BCUT2D eigenvalue weighted by atomic mass is 32.1. The lowest BCUT2D eigenvalue weighted by molar-refractivity contribution is -0.151. The summed E-state index contributed by atoms with van der Waals surface area (Å²) in [5, 5.41) is 5.68. The average molecular weight is 478 g/mol. The number of ether oxygens (including phenoxy) is 1. The van der Waals surface area contributed by atoms with Crippen LogP contribution in [0.5, 0.6) is 0 Å². The molecule has 0 saturated carbocycles. The molecule has 0 fully saturated rings. The molecule has 1 heterocycles. The van der Waals surface area contributed by atoms with Gasteiger partial charge >= 0.3 is 12.0 Å².